The normalized spacial score (nSPS) is 45.3. The summed E-state index contributed by atoms with van der Waals surface area (Å²) in [5.74, 6) is 0.700. The average Bonchev–Trinajstić information content (AvgIpc) is 3.15. The van der Waals surface area contributed by atoms with E-state index in [0.29, 0.717) is 11.8 Å². The lowest BCUT2D eigenvalue weighted by Crippen LogP contribution is -2.49. The molecule has 3 aliphatic heterocycles. The molecule has 0 aromatic rings. The van der Waals surface area contributed by atoms with Crippen LogP contribution in [-0.4, -0.2) is 36.0 Å². The summed E-state index contributed by atoms with van der Waals surface area (Å²) in [5.41, 5.74) is -0.943. The number of esters is 1. The lowest BCUT2D eigenvalue weighted by atomic mass is 9.64. The van der Waals surface area contributed by atoms with E-state index in [1.165, 1.54) is 0 Å². The van der Waals surface area contributed by atoms with Gasteiger partial charge in [0.2, 0.25) is 0 Å². The molecule has 4 heteroatoms. The number of hydrogen-bond donors (Lipinski definition) is 0. The summed E-state index contributed by atoms with van der Waals surface area (Å²) in [6.07, 6.45) is 4.18. The van der Waals surface area contributed by atoms with E-state index in [2.05, 4.69) is 13.8 Å². The van der Waals surface area contributed by atoms with Crippen LogP contribution in [0.25, 0.3) is 0 Å². The molecule has 0 spiro atoms. The van der Waals surface area contributed by atoms with Gasteiger partial charge >= 0.3 is 5.97 Å². The fraction of sp³-hybridized carbons (Fsp3) is 0.947. The van der Waals surface area contributed by atoms with Gasteiger partial charge in [-0.3, -0.25) is 4.79 Å². The van der Waals surface area contributed by atoms with Crippen molar-refractivity contribution in [3.05, 3.63) is 0 Å². The fourth-order valence-electron chi connectivity index (χ4n) is 4.82. The van der Waals surface area contributed by atoms with Crippen LogP contribution < -0.4 is 0 Å². The molecule has 7 unspecified atom stereocenters. The highest BCUT2D eigenvalue weighted by Gasteiger charge is 2.68. The third-order valence-corrected chi connectivity index (χ3v) is 6.50. The van der Waals surface area contributed by atoms with Crippen molar-refractivity contribution in [1.29, 1.82) is 0 Å². The second kappa shape index (κ2) is 5.73. The molecule has 3 rings (SSSR count). The Kier molecular flexibility index (Phi) is 4.29. The molecule has 23 heavy (non-hydrogen) atoms. The molecule has 4 nitrogen and oxygen atoms in total. The molecular formula is C19H32O4. The van der Waals surface area contributed by atoms with Crippen molar-refractivity contribution in [1.82, 2.24) is 0 Å². The summed E-state index contributed by atoms with van der Waals surface area (Å²) in [4.78, 5) is 12.9. The van der Waals surface area contributed by atoms with E-state index in [9.17, 15) is 4.79 Å². The van der Waals surface area contributed by atoms with Crippen molar-refractivity contribution in [3.63, 3.8) is 0 Å². The van der Waals surface area contributed by atoms with Crippen LogP contribution >= 0.6 is 0 Å². The summed E-state index contributed by atoms with van der Waals surface area (Å²) >= 11 is 0. The molecule has 3 fully saturated rings. The van der Waals surface area contributed by atoms with Crippen LogP contribution in [0, 0.1) is 17.3 Å². The van der Waals surface area contributed by atoms with Crippen molar-refractivity contribution in [2.75, 3.05) is 0 Å². The molecule has 3 heterocycles. The molecule has 0 aliphatic carbocycles. The number of carbonyl (C=O) groups is 1. The van der Waals surface area contributed by atoms with Crippen molar-refractivity contribution < 1.29 is 19.0 Å². The molecule has 3 aliphatic rings. The van der Waals surface area contributed by atoms with Gasteiger partial charge in [0.15, 0.2) is 0 Å². The molecular weight excluding hydrogens is 292 g/mol. The van der Waals surface area contributed by atoms with Gasteiger partial charge in [0.25, 0.3) is 0 Å². The summed E-state index contributed by atoms with van der Waals surface area (Å²) < 4.78 is 18.4. The van der Waals surface area contributed by atoms with Crippen LogP contribution in [0.4, 0.5) is 0 Å². The molecule has 0 radical (unpaired) electrons. The van der Waals surface area contributed by atoms with Crippen LogP contribution in [0.15, 0.2) is 0 Å². The molecule has 0 aromatic heterocycles. The van der Waals surface area contributed by atoms with E-state index >= 15 is 0 Å². The quantitative estimate of drug-likeness (QED) is 0.723. The van der Waals surface area contributed by atoms with Crippen molar-refractivity contribution >= 4 is 5.97 Å². The first-order valence-corrected chi connectivity index (χ1v) is 9.31. The SMILES string of the molecule is CCC1OC(CC)C2C1C1CC(C)(C(=O)OC(C)(C)CC)C2O1. The number of hydrogen-bond acceptors (Lipinski definition) is 4. The van der Waals surface area contributed by atoms with E-state index < -0.39 is 11.0 Å². The first-order valence-electron chi connectivity index (χ1n) is 9.31. The van der Waals surface area contributed by atoms with E-state index in [-0.39, 0.29) is 30.4 Å². The average molecular weight is 324 g/mol. The van der Waals surface area contributed by atoms with Gasteiger partial charge < -0.3 is 14.2 Å². The minimum atomic E-state index is -0.530. The van der Waals surface area contributed by atoms with Crippen LogP contribution in [-0.2, 0) is 19.0 Å². The standard InChI is InChI=1S/C19H32O4/c1-7-11-14-13-10-19(6,17(20)23-18(4,5)9-3)16(22-13)15(14)12(8-2)21-11/h11-16H,7-10H2,1-6H3. The lowest BCUT2D eigenvalue weighted by Gasteiger charge is -2.38. The first-order chi connectivity index (χ1) is 10.8. The Bertz CT molecular complexity index is 474. The van der Waals surface area contributed by atoms with E-state index in [0.717, 1.165) is 25.7 Å². The van der Waals surface area contributed by atoms with Gasteiger partial charge in [0.1, 0.15) is 5.60 Å². The Labute approximate surface area is 140 Å². The van der Waals surface area contributed by atoms with Crippen LogP contribution in [0.2, 0.25) is 0 Å². The topological polar surface area (TPSA) is 44.8 Å². The molecule has 0 aromatic carbocycles. The maximum atomic E-state index is 12.9. The van der Waals surface area contributed by atoms with Crippen LogP contribution in [0.1, 0.15) is 67.2 Å². The summed E-state index contributed by atoms with van der Waals surface area (Å²) in [6, 6.07) is 0. The van der Waals surface area contributed by atoms with E-state index in [1.54, 1.807) is 0 Å². The summed E-state index contributed by atoms with van der Waals surface area (Å²) in [6.45, 7) is 12.4. The molecule has 2 bridgehead atoms. The number of ether oxygens (including phenoxy) is 3. The molecule has 132 valence electrons. The Morgan fingerprint density at radius 3 is 2.30 bits per heavy atom. The maximum absolute atomic E-state index is 12.9. The van der Waals surface area contributed by atoms with Gasteiger partial charge in [-0.2, -0.15) is 0 Å². The minimum Gasteiger partial charge on any atom is -0.459 e. The number of carbonyl (C=O) groups excluding carboxylic acids is 1. The van der Waals surface area contributed by atoms with Gasteiger partial charge in [-0.25, -0.2) is 0 Å². The highest BCUT2D eigenvalue weighted by molar-refractivity contribution is 5.78. The zero-order valence-corrected chi connectivity index (χ0v) is 15.4. The van der Waals surface area contributed by atoms with Gasteiger partial charge in [-0.15, -0.1) is 0 Å². The van der Waals surface area contributed by atoms with Crippen molar-refractivity contribution in [3.8, 4) is 0 Å². The van der Waals surface area contributed by atoms with E-state index in [1.807, 2.05) is 27.7 Å². The molecule has 0 saturated carbocycles. The minimum absolute atomic E-state index is 0.0563. The first kappa shape index (κ1) is 17.2. The monoisotopic (exact) mass is 324 g/mol. The van der Waals surface area contributed by atoms with E-state index in [4.69, 9.17) is 14.2 Å². The highest BCUT2D eigenvalue weighted by Crippen LogP contribution is 2.60. The molecule has 7 atom stereocenters. The largest absolute Gasteiger partial charge is 0.459 e. The Hall–Kier alpha value is -0.610. The molecule has 3 saturated heterocycles. The van der Waals surface area contributed by atoms with Crippen LogP contribution in [0.5, 0.6) is 0 Å². The molecule has 0 N–H and O–H groups in total. The van der Waals surface area contributed by atoms with Crippen molar-refractivity contribution in [2.45, 2.75) is 97.2 Å². The Morgan fingerprint density at radius 2 is 1.74 bits per heavy atom. The van der Waals surface area contributed by atoms with Gasteiger partial charge in [-0.05, 0) is 46.5 Å². The second-order valence-electron chi connectivity index (χ2n) is 8.40. The zero-order valence-electron chi connectivity index (χ0n) is 15.4. The maximum Gasteiger partial charge on any atom is 0.315 e. The molecule has 0 amide bonds. The second-order valence-corrected chi connectivity index (χ2v) is 8.40. The Balaban J connectivity index is 1.82. The number of rotatable bonds is 5. The third kappa shape index (κ3) is 2.53. The fourth-order valence-corrected chi connectivity index (χ4v) is 4.82. The zero-order chi connectivity index (χ0) is 17.0. The predicted octanol–water partition coefficient (Wildman–Crippen LogP) is 3.72. The van der Waals surface area contributed by atoms with Gasteiger partial charge in [-0.1, -0.05) is 20.8 Å². The summed E-state index contributed by atoms with van der Waals surface area (Å²) in [5, 5.41) is 0. The third-order valence-electron chi connectivity index (χ3n) is 6.50. The van der Waals surface area contributed by atoms with Crippen LogP contribution in [0.3, 0.4) is 0 Å². The Morgan fingerprint density at radius 1 is 1.13 bits per heavy atom. The van der Waals surface area contributed by atoms with Gasteiger partial charge in [0, 0.05) is 11.8 Å². The lowest BCUT2D eigenvalue weighted by molar-refractivity contribution is -0.173. The predicted molar refractivity (Wildman–Crippen MR) is 88.1 cm³/mol. The smallest absolute Gasteiger partial charge is 0.315 e. The summed E-state index contributed by atoms with van der Waals surface area (Å²) in [7, 11) is 0. The van der Waals surface area contributed by atoms with Crippen molar-refractivity contribution in [2.24, 2.45) is 17.3 Å². The highest BCUT2D eigenvalue weighted by atomic mass is 16.6. The number of fused-ring (bicyclic) bond motifs is 5. The van der Waals surface area contributed by atoms with Gasteiger partial charge in [0.05, 0.1) is 29.8 Å².